The van der Waals surface area contributed by atoms with Gasteiger partial charge in [0.15, 0.2) is 0 Å². The predicted octanol–water partition coefficient (Wildman–Crippen LogP) is 2.38. The zero-order valence-electron chi connectivity index (χ0n) is 10.4. The monoisotopic (exact) mass is 240 g/mol. The highest BCUT2D eigenvalue weighted by molar-refractivity contribution is 7.98. The fourth-order valence-corrected chi connectivity index (χ4v) is 1.96. The van der Waals surface area contributed by atoms with Crippen molar-refractivity contribution in [3.8, 4) is 0 Å². The molecular weight excluding hydrogens is 220 g/mol. The maximum absolute atomic E-state index is 4.36. The van der Waals surface area contributed by atoms with Crippen LogP contribution in [0.3, 0.4) is 0 Å². The molecule has 5 heteroatoms. The first-order valence-electron chi connectivity index (χ1n) is 5.44. The topological polar surface area (TPSA) is 49.8 Å². The van der Waals surface area contributed by atoms with E-state index in [9.17, 15) is 0 Å². The minimum atomic E-state index is 0.437. The lowest BCUT2D eigenvalue weighted by molar-refractivity contribution is 0.766. The lowest BCUT2D eigenvalue weighted by atomic mass is 10.2. The van der Waals surface area contributed by atoms with Gasteiger partial charge in [0, 0.05) is 24.8 Å². The number of rotatable bonds is 6. The normalized spacial score (nSPS) is 12.2. The van der Waals surface area contributed by atoms with Crippen LogP contribution in [0.15, 0.2) is 6.07 Å². The molecule has 1 unspecified atom stereocenters. The Morgan fingerprint density at radius 1 is 1.44 bits per heavy atom. The second-order valence-corrected chi connectivity index (χ2v) is 4.78. The molecule has 0 bridgehead atoms. The number of hydrogen-bond donors (Lipinski definition) is 2. The number of thioether (sulfide) groups is 1. The van der Waals surface area contributed by atoms with Crippen LogP contribution in [-0.4, -0.2) is 35.1 Å². The van der Waals surface area contributed by atoms with Crippen molar-refractivity contribution in [2.75, 3.05) is 29.7 Å². The first-order chi connectivity index (χ1) is 7.65. The Bertz CT molecular complexity index is 330. The highest BCUT2D eigenvalue weighted by Gasteiger charge is 2.04. The third kappa shape index (κ3) is 4.26. The molecule has 1 atom stereocenters. The SMILES string of the molecule is CNc1nc(C)cc(NC(C)CCSC)n1. The number of nitrogens with one attached hydrogen (secondary N) is 2. The van der Waals surface area contributed by atoms with E-state index < -0.39 is 0 Å². The molecule has 1 heterocycles. The van der Waals surface area contributed by atoms with Crippen LogP contribution in [0.5, 0.6) is 0 Å². The molecule has 0 aliphatic rings. The number of aromatic nitrogens is 2. The molecule has 1 aromatic heterocycles. The summed E-state index contributed by atoms with van der Waals surface area (Å²) < 4.78 is 0. The van der Waals surface area contributed by atoms with E-state index in [0.717, 1.165) is 23.7 Å². The van der Waals surface area contributed by atoms with E-state index in [0.29, 0.717) is 12.0 Å². The third-order valence-corrected chi connectivity index (χ3v) is 2.87. The lowest BCUT2D eigenvalue weighted by Gasteiger charge is -2.14. The largest absolute Gasteiger partial charge is 0.367 e. The van der Waals surface area contributed by atoms with E-state index in [2.05, 4.69) is 33.8 Å². The first kappa shape index (κ1) is 13.1. The highest BCUT2D eigenvalue weighted by atomic mass is 32.2. The Morgan fingerprint density at radius 2 is 2.19 bits per heavy atom. The quantitative estimate of drug-likeness (QED) is 0.799. The molecule has 16 heavy (non-hydrogen) atoms. The summed E-state index contributed by atoms with van der Waals surface area (Å²) in [4.78, 5) is 8.62. The molecule has 90 valence electrons. The zero-order chi connectivity index (χ0) is 12.0. The lowest BCUT2D eigenvalue weighted by Crippen LogP contribution is -2.17. The fraction of sp³-hybridized carbons (Fsp3) is 0.636. The summed E-state index contributed by atoms with van der Waals surface area (Å²) in [6, 6.07) is 2.41. The average molecular weight is 240 g/mol. The van der Waals surface area contributed by atoms with Gasteiger partial charge in [-0.3, -0.25) is 0 Å². The predicted molar refractivity (Wildman–Crippen MR) is 72.4 cm³/mol. The highest BCUT2D eigenvalue weighted by Crippen LogP contribution is 2.12. The number of hydrogen-bond acceptors (Lipinski definition) is 5. The van der Waals surface area contributed by atoms with E-state index in [-0.39, 0.29) is 0 Å². The molecule has 1 aromatic rings. The molecule has 0 spiro atoms. The second-order valence-electron chi connectivity index (χ2n) is 3.80. The maximum atomic E-state index is 4.36. The van der Waals surface area contributed by atoms with Gasteiger partial charge in [0.25, 0.3) is 0 Å². The van der Waals surface area contributed by atoms with Crippen LogP contribution in [0.2, 0.25) is 0 Å². The number of anilines is 2. The van der Waals surface area contributed by atoms with Crippen LogP contribution in [0.4, 0.5) is 11.8 Å². The van der Waals surface area contributed by atoms with Crippen LogP contribution >= 0.6 is 11.8 Å². The van der Waals surface area contributed by atoms with E-state index in [4.69, 9.17) is 0 Å². The van der Waals surface area contributed by atoms with Crippen molar-refractivity contribution in [2.24, 2.45) is 0 Å². The van der Waals surface area contributed by atoms with E-state index in [1.165, 1.54) is 0 Å². The summed E-state index contributed by atoms with van der Waals surface area (Å²) in [5, 5.41) is 6.35. The second kappa shape index (κ2) is 6.58. The fourth-order valence-electron chi connectivity index (χ4n) is 1.37. The molecule has 0 radical (unpaired) electrons. The Labute approximate surface area is 102 Å². The van der Waals surface area contributed by atoms with Gasteiger partial charge < -0.3 is 10.6 Å². The Morgan fingerprint density at radius 3 is 2.81 bits per heavy atom. The van der Waals surface area contributed by atoms with Gasteiger partial charge in [0.1, 0.15) is 5.82 Å². The first-order valence-corrected chi connectivity index (χ1v) is 6.84. The summed E-state index contributed by atoms with van der Waals surface area (Å²) in [5.41, 5.74) is 0.971. The summed E-state index contributed by atoms with van der Waals surface area (Å²) in [6.45, 7) is 4.15. The van der Waals surface area contributed by atoms with E-state index in [1.54, 1.807) is 0 Å². The zero-order valence-corrected chi connectivity index (χ0v) is 11.2. The third-order valence-electron chi connectivity index (χ3n) is 2.23. The van der Waals surface area contributed by atoms with Gasteiger partial charge in [-0.05, 0) is 32.3 Å². The van der Waals surface area contributed by atoms with Gasteiger partial charge in [-0.1, -0.05) is 0 Å². The van der Waals surface area contributed by atoms with Crippen molar-refractivity contribution in [1.82, 2.24) is 9.97 Å². The van der Waals surface area contributed by atoms with Gasteiger partial charge >= 0.3 is 0 Å². The molecule has 0 fully saturated rings. The minimum absolute atomic E-state index is 0.437. The van der Waals surface area contributed by atoms with Crippen molar-refractivity contribution in [3.63, 3.8) is 0 Å². The molecule has 0 amide bonds. The van der Waals surface area contributed by atoms with Crippen molar-refractivity contribution in [1.29, 1.82) is 0 Å². The standard InChI is InChI=1S/C11H20N4S/c1-8(5-6-16-4)13-10-7-9(2)14-11(12-3)15-10/h7-8H,5-6H2,1-4H3,(H2,12,13,14,15). The van der Waals surface area contributed by atoms with Gasteiger partial charge in [-0.25, -0.2) is 4.98 Å². The Hall–Kier alpha value is -0.970. The molecule has 0 saturated heterocycles. The molecule has 2 N–H and O–H groups in total. The van der Waals surface area contributed by atoms with Gasteiger partial charge in [0.05, 0.1) is 0 Å². The van der Waals surface area contributed by atoms with Crippen LogP contribution in [0, 0.1) is 6.92 Å². The van der Waals surface area contributed by atoms with Crippen LogP contribution in [0.1, 0.15) is 19.0 Å². The summed E-state index contributed by atoms with van der Waals surface area (Å²) in [7, 11) is 1.83. The van der Waals surface area contributed by atoms with Gasteiger partial charge in [-0.2, -0.15) is 16.7 Å². The molecule has 0 saturated carbocycles. The van der Waals surface area contributed by atoms with Crippen molar-refractivity contribution in [2.45, 2.75) is 26.3 Å². The van der Waals surface area contributed by atoms with E-state index in [1.807, 2.05) is 31.8 Å². The van der Waals surface area contributed by atoms with Crippen LogP contribution < -0.4 is 10.6 Å². The van der Waals surface area contributed by atoms with Crippen LogP contribution in [-0.2, 0) is 0 Å². The van der Waals surface area contributed by atoms with Gasteiger partial charge in [0.2, 0.25) is 5.95 Å². The maximum Gasteiger partial charge on any atom is 0.224 e. The molecule has 0 aliphatic carbocycles. The Kier molecular flexibility index (Phi) is 5.38. The number of aryl methyl sites for hydroxylation is 1. The summed E-state index contributed by atoms with van der Waals surface area (Å²) in [5.74, 6) is 2.72. The molecule has 0 aliphatic heterocycles. The smallest absolute Gasteiger partial charge is 0.224 e. The van der Waals surface area contributed by atoms with E-state index >= 15 is 0 Å². The summed E-state index contributed by atoms with van der Waals surface area (Å²) in [6.07, 6.45) is 3.26. The average Bonchev–Trinajstić information content (AvgIpc) is 2.25. The molecular formula is C11H20N4S. The minimum Gasteiger partial charge on any atom is -0.367 e. The summed E-state index contributed by atoms with van der Waals surface area (Å²) >= 11 is 1.87. The van der Waals surface area contributed by atoms with Gasteiger partial charge in [-0.15, -0.1) is 0 Å². The molecule has 4 nitrogen and oxygen atoms in total. The molecule has 0 aromatic carbocycles. The van der Waals surface area contributed by atoms with Crippen molar-refractivity contribution < 1.29 is 0 Å². The van der Waals surface area contributed by atoms with Crippen LogP contribution in [0.25, 0.3) is 0 Å². The Balaban J connectivity index is 2.61. The van der Waals surface area contributed by atoms with Crippen molar-refractivity contribution in [3.05, 3.63) is 11.8 Å². The molecule has 1 rings (SSSR count). The van der Waals surface area contributed by atoms with Crippen molar-refractivity contribution >= 4 is 23.5 Å². The number of nitrogens with zero attached hydrogens (tertiary/aromatic N) is 2.